The first kappa shape index (κ1) is 13.1. The summed E-state index contributed by atoms with van der Waals surface area (Å²) < 4.78 is 5.25. The summed E-state index contributed by atoms with van der Waals surface area (Å²) in [7, 11) is 1.67. The number of nitrogen functional groups attached to an aromatic ring is 1. The molecule has 3 nitrogen and oxygen atoms in total. The van der Waals surface area contributed by atoms with E-state index in [4.69, 9.17) is 10.5 Å². The minimum absolute atomic E-state index is 0.551. The quantitative estimate of drug-likeness (QED) is 0.805. The second kappa shape index (κ2) is 5.51. The van der Waals surface area contributed by atoms with Crippen LogP contribution in [-0.2, 0) is 0 Å². The highest BCUT2D eigenvalue weighted by atomic mass is 16.5. The fraction of sp³-hybridized carbons (Fsp3) is 0.600. The first-order valence-electron chi connectivity index (χ1n) is 6.78. The summed E-state index contributed by atoms with van der Waals surface area (Å²) in [5, 5.41) is 3.60. The Labute approximate surface area is 110 Å². The molecule has 0 aromatic heterocycles. The highest BCUT2D eigenvalue weighted by molar-refractivity contribution is 5.59. The molecule has 3 heteroatoms. The number of benzene rings is 1. The molecule has 0 amide bonds. The lowest BCUT2D eigenvalue weighted by atomic mass is 9.80. The highest BCUT2D eigenvalue weighted by Gasteiger charge is 2.23. The molecule has 2 unspecified atom stereocenters. The number of ether oxygens (including phenoxy) is 1. The smallest absolute Gasteiger partial charge is 0.122 e. The van der Waals surface area contributed by atoms with Gasteiger partial charge in [-0.05, 0) is 37.2 Å². The molecule has 0 saturated heterocycles. The molecule has 18 heavy (non-hydrogen) atoms. The van der Waals surface area contributed by atoms with Crippen LogP contribution in [0.5, 0.6) is 5.75 Å². The van der Waals surface area contributed by atoms with Gasteiger partial charge in [0, 0.05) is 29.5 Å². The van der Waals surface area contributed by atoms with Crippen LogP contribution in [0.15, 0.2) is 18.2 Å². The Balaban J connectivity index is 2.06. The van der Waals surface area contributed by atoms with Gasteiger partial charge in [0.2, 0.25) is 0 Å². The zero-order chi connectivity index (χ0) is 13.1. The van der Waals surface area contributed by atoms with Crippen molar-refractivity contribution in [2.24, 2.45) is 11.8 Å². The van der Waals surface area contributed by atoms with Gasteiger partial charge < -0.3 is 15.8 Å². The van der Waals surface area contributed by atoms with Crippen LogP contribution >= 0.6 is 0 Å². The number of methoxy groups -OCH3 is 1. The maximum absolute atomic E-state index is 5.87. The van der Waals surface area contributed by atoms with Crippen LogP contribution in [0.25, 0.3) is 0 Å². The van der Waals surface area contributed by atoms with Gasteiger partial charge in [-0.1, -0.05) is 13.8 Å². The summed E-state index contributed by atoms with van der Waals surface area (Å²) in [5.41, 5.74) is 7.69. The molecule has 1 aromatic rings. The van der Waals surface area contributed by atoms with Gasteiger partial charge in [-0.25, -0.2) is 0 Å². The third kappa shape index (κ3) is 3.31. The van der Waals surface area contributed by atoms with Crippen molar-refractivity contribution in [1.82, 2.24) is 0 Å². The number of nitrogens with one attached hydrogen (secondary N) is 1. The minimum atomic E-state index is 0.551. The van der Waals surface area contributed by atoms with Crippen molar-refractivity contribution in [1.29, 1.82) is 0 Å². The van der Waals surface area contributed by atoms with E-state index in [1.54, 1.807) is 7.11 Å². The first-order chi connectivity index (χ1) is 8.56. The Bertz CT molecular complexity index is 395. The fourth-order valence-electron chi connectivity index (χ4n) is 3.12. The Morgan fingerprint density at radius 2 is 1.78 bits per heavy atom. The summed E-state index contributed by atoms with van der Waals surface area (Å²) >= 11 is 0. The lowest BCUT2D eigenvalue weighted by Crippen LogP contribution is -2.30. The molecular formula is C15H24N2O. The van der Waals surface area contributed by atoms with E-state index in [-0.39, 0.29) is 0 Å². The Hall–Kier alpha value is -1.38. The van der Waals surface area contributed by atoms with Crippen LogP contribution in [0, 0.1) is 11.8 Å². The van der Waals surface area contributed by atoms with Gasteiger partial charge in [-0.2, -0.15) is 0 Å². The number of hydrogen-bond acceptors (Lipinski definition) is 3. The molecule has 3 N–H and O–H groups in total. The van der Waals surface area contributed by atoms with Gasteiger partial charge in [0.1, 0.15) is 5.75 Å². The molecule has 2 rings (SSSR count). The van der Waals surface area contributed by atoms with Crippen molar-refractivity contribution in [2.45, 2.75) is 39.2 Å². The van der Waals surface area contributed by atoms with Crippen LogP contribution in [-0.4, -0.2) is 13.2 Å². The Morgan fingerprint density at radius 3 is 2.39 bits per heavy atom. The lowest BCUT2D eigenvalue weighted by molar-refractivity contribution is 0.281. The van der Waals surface area contributed by atoms with Crippen molar-refractivity contribution >= 4 is 11.4 Å². The molecule has 0 aliphatic heterocycles. The number of anilines is 2. The maximum Gasteiger partial charge on any atom is 0.122 e. The van der Waals surface area contributed by atoms with Gasteiger partial charge in [0.15, 0.2) is 0 Å². The summed E-state index contributed by atoms with van der Waals surface area (Å²) in [5.74, 6) is 2.41. The molecule has 1 aliphatic rings. The van der Waals surface area contributed by atoms with E-state index in [9.17, 15) is 0 Å². The van der Waals surface area contributed by atoms with Gasteiger partial charge in [-0.15, -0.1) is 0 Å². The van der Waals surface area contributed by atoms with E-state index in [1.165, 1.54) is 19.3 Å². The number of hydrogen-bond donors (Lipinski definition) is 2. The van der Waals surface area contributed by atoms with E-state index < -0.39 is 0 Å². The van der Waals surface area contributed by atoms with E-state index in [2.05, 4.69) is 19.2 Å². The summed E-state index contributed by atoms with van der Waals surface area (Å²) in [6, 6.07) is 6.39. The molecule has 1 saturated carbocycles. The average molecular weight is 248 g/mol. The first-order valence-corrected chi connectivity index (χ1v) is 6.78. The number of nitrogens with two attached hydrogens (primary N) is 1. The molecule has 1 aliphatic carbocycles. The van der Waals surface area contributed by atoms with E-state index in [1.807, 2.05) is 18.2 Å². The summed E-state index contributed by atoms with van der Waals surface area (Å²) in [6.07, 6.45) is 3.82. The van der Waals surface area contributed by atoms with Crippen molar-refractivity contribution in [3.05, 3.63) is 18.2 Å². The predicted octanol–water partition coefficient (Wildman–Crippen LogP) is 3.51. The average Bonchev–Trinajstić information content (AvgIpc) is 2.26. The molecular weight excluding hydrogens is 224 g/mol. The number of rotatable bonds is 3. The van der Waals surface area contributed by atoms with Crippen molar-refractivity contribution < 1.29 is 4.74 Å². The molecule has 1 aromatic carbocycles. The van der Waals surface area contributed by atoms with Crippen LogP contribution in [0.1, 0.15) is 33.1 Å². The molecule has 2 atom stereocenters. The minimum Gasteiger partial charge on any atom is -0.497 e. The predicted molar refractivity (Wildman–Crippen MR) is 77.0 cm³/mol. The Kier molecular flexibility index (Phi) is 4.00. The Morgan fingerprint density at radius 1 is 1.11 bits per heavy atom. The van der Waals surface area contributed by atoms with Crippen LogP contribution < -0.4 is 15.8 Å². The van der Waals surface area contributed by atoms with Crippen molar-refractivity contribution in [3.63, 3.8) is 0 Å². The zero-order valence-electron chi connectivity index (χ0n) is 11.6. The third-order valence-electron chi connectivity index (χ3n) is 3.71. The SMILES string of the molecule is COc1cc(N)cc(NC2CC(C)CC(C)C2)c1. The third-order valence-corrected chi connectivity index (χ3v) is 3.71. The van der Waals surface area contributed by atoms with E-state index in [0.29, 0.717) is 6.04 Å². The molecule has 0 heterocycles. The lowest BCUT2D eigenvalue weighted by Gasteiger charge is -2.32. The second-order valence-corrected chi connectivity index (χ2v) is 5.75. The molecule has 100 valence electrons. The standard InChI is InChI=1S/C15H24N2O/c1-10-4-11(2)6-13(5-10)17-14-7-12(16)8-15(9-14)18-3/h7-11,13,17H,4-6,16H2,1-3H3. The fourth-order valence-corrected chi connectivity index (χ4v) is 3.12. The second-order valence-electron chi connectivity index (χ2n) is 5.75. The van der Waals surface area contributed by atoms with Gasteiger partial charge in [-0.3, -0.25) is 0 Å². The highest BCUT2D eigenvalue weighted by Crippen LogP contribution is 2.31. The summed E-state index contributed by atoms with van der Waals surface area (Å²) in [4.78, 5) is 0. The van der Waals surface area contributed by atoms with Gasteiger partial charge >= 0.3 is 0 Å². The largest absolute Gasteiger partial charge is 0.497 e. The molecule has 0 bridgehead atoms. The van der Waals surface area contributed by atoms with Crippen LogP contribution in [0.3, 0.4) is 0 Å². The van der Waals surface area contributed by atoms with Crippen molar-refractivity contribution in [2.75, 3.05) is 18.2 Å². The molecule has 0 radical (unpaired) electrons. The van der Waals surface area contributed by atoms with Crippen LogP contribution in [0.4, 0.5) is 11.4 Å². The van der Waals surface area contributed by atoms with Crippen molar-refractivity contribution in [3.8, 4) is 5.75 Å². The summed E-state index contributed by atoms with van der Waals surface area (Å²) in [6.45, 7) is 4.68. The zero-order valence-corrected chi connectivity index (χ0v) is 11.6. The van der Waals surface area contributed by atoms with E-state index >= 15 is 0 Å². The molecule has 0 spiro atoms. The van der Waals surface area contributed by atoms with Gasteiger partial charge in [0.25, 0.3) is 0 Å². The topological polar surface area (TPSA) is 47.3 Å². The van der Waals surface area contributed by atoms with Gasteiger partial charge in [0.05, 0.1) is 7.11 Å². The maximum atomic E-state index is 5.87. The monoisotopic (exact) mass is 248 g/mol. The van der Waals surface area contributed by atoms with E-state index in [0.717, 1.165) is 29.0 Å². The molecule has 1 fully saturated rings. The van der Waals surface area contributed by atoms with Crippen LogP contribution in [0.2, 0.25) is 0 Å². The normalized spacial score (nSPS) is 27.8.